The molecule has 0 aliphatic rings. The van der Waals surface area contributed by atoms with E-state index in [1.807, 2.05) is 0 Å². The van der Waals surface area contributed by atoms with Crippen LogP contribution in [0, 0.1) is 0 Å². The number of anilines is 1. The number of aliphatic hydroxyl groups excluding tert-OH is 1. The second-order valence-electron chi connectivity index (χ2n) is 10.1. The van der Waals surface area contributed by atoms with E-state index in [0.717, 1.165) is 19.3 Å². The molecule has 1 unspecified atom stereocenters. The summed E-state index contributed by atoms with van der Waals surface area (Å²) in [6.45, 7) is 7.81. The van der Waals surface area contributed by atoms with Crippen LogP contribution in [0.2, 0.25) is 0 Å². The third kappa shape index (κ3) is 8.21. The van der Waals surface area contributed by atoms with Crippen LogP contribution in [0.25, 0.3) is 11.2 Å². The molecule has 0 spiro atoms. The fraction of sp³-hybridized carbons (Fsp3) is 0.538. The first-order valence-corrected chi connectivity index (χ1v) is 15.1. The second kappa shape index (κ2) is 14.0. The summed E-state index contributed by atoms with van der Waals surface area (Å²) in [5, 5.41) is 16.3. The van der Waals surface area contributed by atoms with Gasteiger partial charge in [-0.3, -0.25) is 14.4 Å². The molecule has 14 heteroatoms. The molecule has 0 saturated carbocycles. The van der Waals surface area contributed by atoms with Crippen molar-refractivity contribution in [3.05, 3.63) is 42.5 Å². The molecule has 13 nitrogen and oxygen atoms in total. The zero-order valence-corrected chi connectivity index (χ0v) is 24.6. The van der Waals surface area contributed by atoms with Crippen molar-refractivity contribution in [3.63, 3.8) is 0 Å². The number of benzene rings is 1. The Kier molecular flexibility index (Phi) is 11.0. The van der Waals surface area contributed by atoms with Crippen molar-refractivity contribution in [2.75, 3.05) is 25.8 Å². The number of methoxy groups -OCH3 is 1. The van der Waals surface area contributed by atoms with E-state index in [0.29, 0.717) is 30.1 Å². The topological polar surface area (TPSA) is 176 Å². The number of hydrogen-bond donors (Lipinski definition) is 4. The number of nitrogens with two attached hydrogens (primary N) is 1. The molecule has 2 aromatic heterocycles. The average molecular weight is 578 g/mol. The number of nitrogens with one attached hydrogen (secondary N) is 2. The predicted octanol–water partition coefficient (Wildman–Crippen LogP) is 3.30. The lowest BCUT2D eigenvalue weighted by Crippen LogP contribution is -2.51. The minimum atomic E-state index is -3.83. The summed E-state index contributed by atoms with van der Waals surface area (Å²) < 4.78 is 32.8. The van der Waals surface area contributed by atoms with Crippen molar-refractivity contribution in [2.24, 2.45) is 0 Å². The van der Waals surface area contributed by atoms with Gasteiger partial charge in [-0.25, -0.2) is 20.0 Å². The van der Waals surface area contributed by atoms with E-state index < -0.39 is 31.3 Å². The Morgan fingerprint density at radius 3 is 2.67 bits per heavy atom. The maximum atomic E-state index is 14.2. The molecule has 0 radical (unpaired) electrons. The number of nitrogen functional groups attached to an aromatic ring is 1. The highest BCUT2D eigenvalue weighted by atomic mass is 31.2. The van der Waals surface area contributed by atoms with Gasteiger partial charge < -0.3 is 29.6 Å². The van der Waals surface area contributed by atoms with Crippen LogP contribution in [0.5, 0.6) is 5.75 Å². The summed E-state index contributed by atoms with van der Waals surface area (Å²) in [6.07, 6.45) is 3.56. The molecule has 40 heavy (non-hydrogen) atoms. The number of carbonyl (C=O) groups is 1. The lowest BCUT2D eigenvalue weighted by Gasteiger charge is -2.35. The smallest absolute Gasteiger partial charge is 0.262 e. The first-order chi connectivity index (χ1) is 19.0. The van der Waals surface area contributed by atoms with Gasteiger partial charge in [0.15, 0.2) is 17.8 Å². The Labute approximate surface area is 234 Å². The average Bonchev–Trinajstić information content (AvgIpc) is 3.33. The summed E-state index contributed by atoms with van der Waals surface area (Å²) in [6, 6.07) is 6.61. The van der Waals surface area contributed by atoms with Crippen molar-refractivity contribution in [3.8, 4) is 5.75 Å². The lowest BCUT2D eigenvalue weighted by molar-refractivity contribution is -0.140. The summed E-state index contributed by atoms with van der Waals surface area (Å²) in [5.74, 6) is -0.0260. The third-order valence-corrected chi connectivity index (χ3v) is 8.18. The number of carbonyl (C=O) groups excluding carboxylic acids is 1. The van der Waals surface area contributed by atoms with Gasteiger partial charge in [0.25, 0.3) is 13.4 Å². The van der Waals surface area contributed by atoms with Crippen LogP contribution >= 0.6 is 7.44 Å². The molecule has 3 atom stereocenters. The summed E-state index contributed by atoms with van der Waals surface area (Å²) in [4.78, 5) is 25.7. The van der Waals surface area contributed by atoms with E-state index in [1.165, 1.54) is 13.4 Å². The minimum Gasteiger partial charge on any atom is -0.496 e. The second-order valence-corrected chi connectivity index (χ2v) is 12.3. The Morgan fingerprint density at radius 1 is 1.20 bits per heavy atom. The molecule has 0 aliphatic heterocycles. The van der Waals surface area contributed by atoms with Gasteiger partial charge >= 0.3 is 0 Å². The SMILES string of the molecule is CCCCCOC(O)C(C)(C)N[P@@](=O)(CO[C@H](C)Cn1cnc2c(N)ncnc21)NC(=O)c1ccccc1OC. The van der Waals surface area contributed by atoms with Crippen molar-refractivity contribution >= 4 is 30.3 Å². The van der Waals surface area contributed by atoms with Crippen LogP contribution in [0.1, 0.15) is 57.3 Å². The van der Waals surface area contributed by atoms with Crippen LogP contribution in [-0.2, 0) is 20.6 Å². The summed E-state index contributed by atoms with van der Waals surface area (Å²) >= 11 is 0. The lowest BCUT2D eigenvalue weighted by atomic mass is 10.1. The number of unbranched alkanes of at least 4 members (excludes halogenated alkanes) is 2. The number of nitrogens with zero attached hydrogens (tertiary/aromatic N) is 4. The molecule has 1 amide bonds. The van der Waals surface area contributed by atoms with Gasteiger partial charge in [0, 0.05) is 6.61 Å². The first-order valence-electron chi connectivity index (χ1n) is 13.2. The zero-order chi connectivity index (χ0) is 29.3. The predicted molar refractivity (Wildman–Crippen MR) is 152 cm³/mol. The van der Waals surface area contributed by atoms with Crippen molar-refractivity contribution in [1.29, 1.82) is 0 Å². The molecular formula is C26H40N7O6P. The molecule has 0 saturated heterocycles. The molecule has 3 rings (SSSR count). The highest BCUT2D eigenvalue weighted by molar-refractivity contribution is 7.60. The Hall–Kier alpha value is -3.09. The number of para-hydroxylation sites is 1. The van der Waals surface area contributed by atoms with Crippen LogP contribution in [-0.4, -0.2) is 68.5 Å². The Morgan fingerprint density at radius 2 is 1.95 bits per heavy atom. The van der Waals surface area contributed by atoms with Crippen LogP contribution in [0.15, 0.2) is 36.9 Å². The summed E-state index contributed by atoms with van der Waals surface area (Å²) in [5.41, 5.74) is 5.90. The molecule has 0 fully saturated rings. The fourth-order valence-corrected chi connectivity index (χ4v) is 6.16. The largest absolute Gasteiger partial charge is 0.496 e. The summed E-state index contributed by atoms with van der Waals surface area (Å²) in [7, 11) is -2.38. The normalized spacial score (nSPS) is 14.9. The number of amides is 1. The number of hydrogen-bond acceptors (Lipinski definition) is 10. The van der Waals surface area contributed by atoms with E-state index in [4.69, 9.17) is 19.9 Å². The maximum absolute atomic E-state index is 14.2. The molecule has 0 aliphatic carbocycles. The van der Waals surface area contributed by atoms with Gasteiger partial charge in [-0.15, -0.1) is 0 Å². The molecule has 3 aromatic rings. The molecule has 1 aromatic carbocycles. The maximum Gasteiger partial charge on any atom is 0.262 e. The molecular weight excluding hydrogens is 537 g/mol. The van der Waals surface area contributed by atoms with Crippen molar-refractivity contribution < 1.29 is 28.7 Å². The molecule has 0 bridgehead atoms. The van der Waals surface area contributed by atoms with Gasteiger partial charge in [-0.05, 0) is 39.3 Å². The molecule has 2 heterocycles. The highest BCUT2D eigenvalue weighted by Gasteiger charge is 2.38. The van der Waals surface area contributed by atoms with Gasteiger partial charge in [0.2, 0.25) is 0 Å². The van der Waals surface area contributed by atoms with Gasteiger partial charge in [-0.2, -0.15) is 0 Å². The van der Waals surface area contributed by atoms with Gasteiger partial charge in [-0.1, -0.05) is 31.9 Å². The van der Waals surface area contributed by atoms with Crippen molar-refractivity contribution in [1.82, 2.24) is 29.7 Å². The molecule has 220 valence electrons. The standard InChI is InChI=1S/C26H40N7O6P/c1-6-7-10-13-38-25(35)26(3,4)32-40(36,31-24(34)19-11-8-9-12-20(19)37-5)17-39-18(2)14-33-16-30-21-22(27)28-15-29-23(21)33/h8-9,11-12,15-16,18,25,35H,6-7,10,13-14,17H2,1-5H3,(H2,27,28,29)(H2,31,32,34,36)/t18-,25?,40-/m1/s1. The van der Waals surface area contributed by atoms with Crippen LogP contribution in [0.4, 0.5) is 5.82 Å². The third-order valence-electron chi connectivity index (χ3n) is 6.17. The Bertz CT molecular complexity index is 1320. The fourth-order valence-electron chi connectivity index (χ4n) is 4.02. The van der Waals surface area contributed by atoms with E-state index in [2.05, 4.69) is 32.1 Å². The highest BCUT2D eigenvalue weighted by Crippen LogP contribution is 2.41. The Balaban J connectivity index is 1.77. The number of aliphatic hydroxyl groups is 1. The van der Waals surface area contributed by atoms with Crippen LogP contribution < -0.4 is 20.6 Å². The quantitative estimate of drug-likeness (QED) is 0.112. The van der Waals surface area contributed by atoms with E-state index in [1.54, 1.807) is 55.9 Å². The number of imidazole rings is 1. The first kappa shape index (κ1) is 31.4. The van der Waals surface area contributed by atoms with E-state index in [-0.39, 0.29) is 17.7 Å². The van der Waals surface area contributed by atoms with Crippen LogP contribution in [0.3, 0.4) is 0 Å². The number of aromatic nitrogens is 4. The number of ether oxygens (including phenoxy) is 3. The van der Waals surface area contributed by atoms with Gasteiger partial charge in [0.05, 0.1) is 37.2 Å². The number of rotatable bonds is 16. The van der Waals surface area contributed by atoms with Gasteiger partial charge in [0.1, 0.15) is 23.9 Å². The number of fused-ring (bicyclic) bond motifs is 1. The van der Waals surface area contributed by atoms with E-state index in [9.17, 15) is 14.5 Å². The van der Waals surface area contributed by atoms with E-state index >= 15 is 0 Å². The monoisotopic (exact) mass is 577 g/mol. The van der Waals surface area contributed by atoms with Crippen molar-refractivity contribution in [2.45, 2.75) is 71.4 Å². The minimum absolute atomic E-state index is 0.205. The molecule has 5 N–H and O–H groups in total. The zero-order valence-electron chi connectivity index (χ0n) is 23.7.